The molecule has 1 aliphatic carbocycles. The summed E-state index contributed by atoms with van der Waals surface area (Å²) in [6, 6.07) is 0. The van der Waals surface area contributed by atoms with Gasteiger partial charge < -0.3 is 54.7 Å². The minimum atomic E-state index is -1.73. The summed E-state index contributed by atoms with van der Waals surface area (Å²) in [5.41, 5.74) is 5.07. The molecule has 0 amide bonds. The SMILES string of the molecule is CC1=C(/C=C/C(C)=C/C=C/C(C)=C/CO[C@@H]2O[C@H](CO)[C@@H](O[C@H]3O[C@H](CO)[C@@H](O)[C@H](O)[C@H]3O)[C@H](O)[C@H]2O)C(C)(C)CCC1. The average molecular weight is 611 g/mol. The maximum Gasteiger partial charge on any atom is 0.187 e. The molecule has 0 spiro atoms. The smallest absolute Gasteiger partial charge is 0.187 e. The lowest BCUT2D eigenvalue weighted by molar-refractivity contribution is -0.358. The molecule has 0 aromatic heterocycles. The van der Waals surface area contributed by atoms with Gasteiger partial charge in [0.05, 0.1) is 19.8 Å². The maximum absolute atomic E-state index is 10.7. The molecule has 11 nitrogen and oxygen atoms in total. The number of rotatable bonds is 11. The van der Waals surface area contributed by atoms with Crippen molar-refractivity contribution < 1.29 is 54.7 Å². The second kappa shape index (κ2) is 16.0. The predicted molar refractivity (Wildman–Crippen MR) is 158 cm³/mol. The Morgan fingerprint density at radius 1 is 0.860 bits per heavy atom. The molecule has 0 unspecified atom stereocenters. The van der Waals surface area contributed by atoms with Crippen LogP contribution in [0.4, 0.5) is 0 Å². The lowest BCUT2D eigenvalue weighted by atomic mass is 9.72. The van der Waals surface area contributed by atoms with Gasteiger partial charge in [-0.2, -0.15) is 0 Å². The molecule has 0 aromatic carbocycles. The molecular formula is C32H50O11. The fourth-order valence-corrected chi connectivity index (χ4v) is 5.67. The van der Waals surface area contributed by atoms with Crippen LogP contribution in [0.1, 0.15) is 53.9 Å². The number of aliphatic hydroxyl groups excluding tert-OH is 7. The van der Waals surface area contributed by atoms with Crippen LogP contribution in [0.15, 0.2) is 58.7 Å². The van der Waals surface area contributed by atoms with Crippen molar-refractivity contribution >= 4 is 0 Å². The molecule has 43 heavy (non-hydrogen) atoms. The third-order valence-corrected chi connectivity index (χ3v) is 8.40. The van der Waals surface area contributed by atoms with Crippen LogP contribution in [-0.2, 0) is 18.9 Å². The summed E-state index contributed by atoms with van der Waals surface area (Å²) in [6.07, 6.45) is 0.747. The highest BCUT2D eigenvalue weighted by atomic mass is 16.7. The molecule has 2 heterocycles. The fourth-order valence-electron chi connectivity index (χ4n) is 5.67. The first-order chi connectivity index (χ1) is 20.3. The van der Waals surface area contributed by atoms with Gasteiger partial charge in [-0.15, -0.1) is 0 Å². The Hall–Kier alpha value is -1.74. The first-order valence-corrected chi connectivity index (χ1v) is 14.9. The zero-order chi connectivity index (χ0) is 31.9. The topological polar surface area (TPSA) is 179 Å². The number of hydrogen-bond acceptors (Lipinski definition) is 11. The molecule has 2 aliphatic heterocycles. The molecule has 2 fully saturated rings. The number of allylic oxidation sites excluding steroid dienone is 9. The zero-order valence-corrected chi connectivity index (χ0v) is 25.7. The van der Waals surface area contributed by atoms with Crippen molar-refractivity contribution in [1.29, 1.82) is 0 Å². The van der Waals surface area contributed by atoms with Crippen LogP contribution >= 0.6 is 0 Å². The van der Waals surface area contributed by atoms with Crippen LogP contribution in [0.5, 0.6) is 0 Å². The second-order valence-corrected chi connectivity index (χ2v) is 12.3. The van der Waals surface area contributed by atoms with E-state index < -0.39 is 74.6 Å². The van der Waals surface area contributed by atoms with Crippen molar-refractivity contribution in [2.45, 2.75) is 115 Å². The first kappa shape index (κ1) is 35.7. The van der Waals surface area contributed by atoms with Crippen molar-refractivity contribution in [2.24, 2.45) is 5.41 Å². The number of ether oxygens (including phenoxy) is 4. The molecule has 2 saturated heterocycles. The normalized spacial score (nSPS) is 38.0. The van der Waals surface area contributed by atoms with Crippen molar-refractivity contribution in [3.63, 3.8) is 0 Å². The summed E-state index contributed by atoms with van der Waals surface area (Å²) < 4.78 is 22.1. The molecule has 0 bridgehead atoms. The van der Waals surface area contributed by atoms with E-state index in [1.807, 2.05) is 32.1 Å². The molecule has 0 saturated carbocycles. The monoisotopic (exact) mass is 610 g/mol. The Morgan fingerprint density at radius 2 is 1.51 bits per heavy atom. The van der Waals surface area contributed by atoms with Gasteiger partial charge in [0.15, 0.2) is 12.6 Å². The van der Waals surface area contributed by atoms with E-state index in [-0.39, 0.29) is 12.0 Å². The molecule has 244 valence electrons. The summed E-state index contributed by atoms with van der Waals surface area (Å²) in [4.78, 5) is 0. The summed E-state index contributed by atoms with van der Waals surface area (Å²) in [5, 5.41) is 70.8. The van der Waals surface area contributed by atoms with Gasteiger partial charge in [0, 0.05) is 0 Å². The second-order valence-electron chi connectivity index (χ2n) is 12.3. The lowest BCUT2D eigenvalue weighted by Crippen LogP contribution is -2.64. The van der Waals surface area contributed by atoms with Crippen LogP contribution in [0.3, 0.4) is 0 Å². The van der Waals surface area contributed by atoms with E-state index in [0.29, 0.717) is 0 Å². The average Bonchev–Trinajstić information content (AvgIpc) is 2.96. The number of aliphatic hydroxyl groups is 7. The molecular weight excluding hydrogens is 560 g/mol. The molecule has 3 aliphatic rings. The van der Waals surface area contributed by atoms with Gasteiger partial charge in [0.2, 0.25) is 0 Å². The zero-order valence-electron chi connectivity index (χ0n) is 25.7. The van der Waals surface area contributed by atoms with Crippen molar-refractivity contribution in [1.82, 2.24) is 0 Å². The number of hydrogen-bond donors (Lipinski definition) is 7. The summed E-state index contributed by atoms with van der Waals surface area (Å²) in [7, 11) is 0. The molecule has 0 radical (unpaired) electrons. The van der Waals surface area contributed by atoms with Crippen molar-refractivity contribution in [3.8, 4) is 0 Å². The van der Waals surface area contributed by atoms with E-state index >= 15 is 0 Å². The van der Waals surface area contributed by atoms with Crippen LogP contribution in [-0.4, -0.2) is 117 Å². The first-order valence-electron chi connectivity index (χ1n) is 14.9. The summed E-state index contributed by atoms with van der Waals surface area (Å²) in [6.45, 7) is 9.51. The quantitative estimate of drug-likeness (QED) is 0.167. The van der Waals surface area contributed by atoms with E-state index in [2.05, 4.69) is 32.9 Å². The van der Waals surface area contributed by atoms with Gasteiger partial charge >= 0.3 is 0 Å². The summed E-state index contributed by atoms with van der Waals surface area (Å²) in [5.74, 6) is 0. The molecule has 10 atom stereocenters. The Bertz CT molecular complexity index is 1060. The molecule has 7 N–H and O–H groups in total. The van der Waals surface area contributed by atoms with E-state index in [4.69, 9.17) is 18.9 Å². The molecule has 3 rings (SSSR count). The van der Waals surface area contributed by atoms with Crippen LogP contribution in [0.2, 0.25) is 0 Å². The fraction of sp³-hybridized carbons (Fsp3) is 0.688. The van der Waals surface area contributed by atoms with Gasteiger partial charge in [-0.3, -0.25) is 0 Å². The van der Waals surface area contributed by atoms with E-state index in [1.54, 1.807) is 6.08 Å². The molecule has 0 aromatic rings. The van der Waals surface area contributed by atoms with Crippen LogP contribution in [0.25, 0.3) is 0 Å². The highest BCUT2D eigenvalue weighted by Crippen LogP contribution is 2.40. The predicted octanol–water partition coefficient (Wildman–Crippen LogP) is 1.16. The Balaban J connectivity index is 1.54. The minimum absolute atomic E-state index is 0.0477. The van der Waals surface area contributed by atoms with Gasteiger partial charge in [0.1, 0.15) is 48.8 Å². The highest BCUT2D eigenvalue weighted by Gasteiger charge is 2.50. The minimum Gasteiger partial charge on any atom is -0.394 e. The third kappa shape index (κ3) is 9.15. The Kier molecular flexibility index (Phi) is 13.3. The van der Waals surface area contributed by atoms with Crippen molar-refractivity contribution in [3.05, 3.63) is 58.7 Å². The largest absolute Gasteiger partial charge is 0.394 e. The third-order valence-electron chi connectivity index (χ3n) is 8.40. The Labute approximate surface area is 254 Å². The van der Waals surface area contributed by atoms with Crippen LogP contribution in [0, 0.1) is 5.41 Å². The Morgan fingerprint density at radius 3 is 2.16 bits per heavy atom. The van der Waals surface area contributed by atoms with Gasteiger partial charge in [0.25, 0.3) is 0 Å². The van der Waals surface area contributed by atoms with Crippen molar-refractivity contribution in [2.75, 3.05) is 19.8 Å². The van der Waals surface area contributed by atoms with E-state index in [0.717, 1.165) is 17.6 Å². The van der Waals surface area contributed by atoms with E-state index in [1.165, 1.54) is 24.0 Å². The van der Waals surface area contributed by atoms with Gasteiger partial charge in [-0.1, -0.05) is 67.0 Å². The van der Waals surface area contributed by atoms with Gasteiger partial charge in [-0.25, -0.2) is 0 Å². The lowest BCUT2D eigenvalue weighted by Gasteiger charge is -2.45. The standard InChI is InChI=1S/C32H50O11/c1-18(11-12-21-20(3)10-7-14-32(21,4)5)8-6-9-19(2)13-15-40-30-28(39)26(37)29(23(17-34)42-30)43-31-27(38)25(36)24(35)22(16-33)41-31/h6,8-9,11-13,22-31,33-39H,7,10,14-17H2,1-5H3/b9-6+,12-11+,18-8+,19-13+/t22-,23-,24-,25+,26-,27-,28-,29-,30-,31-/m1/s1. The van der Waals surface area contributed by atoms with E-state index in [9.17, 15) is 35.7 Å². The maximum atomic E-state index is 10.7. The summed E-state index contributed by atoms with van der Waals surface area (Å²) >= 11 is 0. The highest BCUT2D eigenvalue weighted by molar-refractivity contribution is 5.37. The van der Waals surface area contributed by atoms with Gasteiger partial charge in [-0.05, 0) is 51.0 Å². The molecule has 11 heteroatoms. The van der Waals surface area contributed by atoms with Crippen LogP contribution < -0.4 is 0 Å².